The lowest BCUT2D eigenvalue weighted by molar-refractivity contribution is -0.138. The minimum Gasteiger partial charge on any atom is -0.388 e. The summed E-state index contributed by atoms with van der Waals surface area (Å²) in [5.74, 6) is 0. The summed E-state index contributed by atoms with van der Waals surface area (Å²) in [6.45, 7) is 1.73. The van der Waals surface area contributed by atoms with Gasteiger partial charge in [0.2, 0.25) is 0 Å². The second kappa shape index (κ2) is 3.23. The molecule has 1 nitrogen and oxygen atoms in total. The second-order valence-electron chi connectivity index (χ2n) is 3.87. The van der Waals surface area contributed by atoms with Crippen LogP contribution in [0.3, 0.4) is 0 Å². The average Bonchev–Trinajstić information content (AvgIpc) is 2.47. The molecule has 0 bridgehead atoms. The van der Waals surface area contributed by atoms with Gasteiger partial charge in [0.15, 0.2) is 0 Å². The van der Waals surface area contributed by atoms with E-state index in [0.717, 1.165) is 11.6 Å². The molecule has 1 aromatic carbocycles. The standard InChI is InChI=1S/C11H11F3O/c1-6-2-4-8(11(12,13)14)7-3-5-9(15)10(6)7/h2,4,9,15H,3,5H2,1H3. The third kappa shape index (κ3) is 1.63. The van der Waals surface area contributed by atoms with Crippen LogP contribution in [0, 0.1) is 6.92 Å². The molecule has 2 rings (SSSR count). The Bertz CT molecular complexity index is 396. The van der Waals surface area contributed by atoms with Gasteiger partial charge >= 0.3 is 6.18 Å². The van der Waals surface area contributed by atoms with E-state index >= 15 is 0 Å². The Morgan fingerprint density at radius 1 is 1.33 bits per heavy atom. The van der Waals surface area contributed by atoms with Crippen molar-refractivity contribution in [3.63, 3.8) is 0 Å². The highest BCUT2D eigenvalue weighted by Crippen LogP contribution is 2.41. The van der Waals surface area contributed by atoms with Crippen molar-refractivity contribution in [3.8, 4) is 0 Å². The van der Waals surface area contributed by atoms with Crippen LogP contribution in [0.25, 0.3) is 0 Å². The summed E-state index contributed by atoms with van der Waals surface area (Å²) in [5, 5.41) is 9.59. The van der Waals surface area contributed by atoms with Gasteiger partial charge in [-0.1, -0.05) is 6.07 Å². The summed E-state index contributed by atoms with van der Waals surface area (Å²) in [5.41, 5.74) is 0.891. The fraction of sp³-hybridized carbons (Fsp3) is 0.455. The fourth-order valence-corrected chi connectivity index (χ4v) is 2.21. The molecule has 1 aromatic rings. The lowest BCUT2D eigenvalue weighted by Crippen LogP contribution is -2.10. The predicted octanol–water partition coefficient (Wildman–Crippen LogP) is 2.99. The normalized spacial score (nSPS) is 20.5. The highest BCUT2D eigenvalue weighted by atomic mass is 19.4. The van der Waals surface area contributed by atoms with E-state index in [1.807, 2.05) is 0 Å². The van der Waals surface area contributed by atoms with Crippen LogP contribution in [0.2, 0.25) is 0 Å². The summed E-state index contributed by atoms with van der Waals surface area (Å²) >= 11 is 0. The lowest BCUT2D eigenvalue weighted by Gasteiger charge is -2.14. The first kappa shape index (κ1) is 10.5. The molecule has 1 aliphatic rings. The molecule has 0 heterocycles. The van der Waals surface area contributed by atoms with Gasteiger partial charge in [-0.2, -0.15) is 13.2 Å². The number of aryl methyl sites for hydroxylation is 1. The summed E-state index contributed by atoms with van der Waals surface area (Å²) in [7, 11) is 0. The monoisotopic (exact) mass is 216 g/mol. The molecular weight excluding hydrogens is 205 g/mol. The third-order valence-corrected chi connectivity index (χ3v) is 2.88. The largest absolute Gasteiger partial charge is 0.416 e. The topological polar surface area (TPSA) is 20.2 Å². The Morgan fingerprint density at radius 3 is 2.60 bits per heavy atom. The molecule has 1 N–H and O–H groups in total. The molecule has 0 aliphatic heterocycles. The minimum absolute atomic E-state index is 0.273. The first-order chi connectivity index (χ1) is 6.91. The van der Waals surface area contributed by atoms with Gasteiger partial charge in [-0.05, 0) is 42.5 Å². The summed E-state index contributed by atoms with van der Waals surface area (Å²) in [4.78, 5) is 0. The lowest BCUT2D eigenvalue weighted by atomic mass is 9.98. The summed E-state index contributed by atoms with van der Waals surface area (Å²) in [6, 6.07) is 2.53. The number of benzene rings is 1. The average molecular weight is 216 g/mol. The van der Waals surface area contributed by atoms with E-state index in [9.17, 15) is 18.3 Å². The van der Waals surface area contributed by atoms with Crippen LogP contribution in [0.1, 0.15) is 34.8 Å². The highest BCUT2D eigenvalue weighted by Gasteiger charge is 2.37. The molecule has 82 valence electrons. The summed E-state index contributed by atoms with van der Waals surface area (Å²) in [6.07, 6.45) is -4.35. The van der Waals surface area contributed by atoms with E-state index in [4.69, 9.17) is 0 Å². The van der Waals surface area contributed by atoms with Gasteiger partial charge in [0, 0.05) is 0 Å². The van der Waals surface area contributed by atoms with E-state index in [1.54, 1.807) is 6.92 Å². The maximum atomic E-state index is 12.6. The van der Waals surface area contributed by atoms with Crippen molar-refractivity contribution >= 4 is 0 Å². The van der Waals surface area contributed by atoms with Crippen molar-refractivity contribution in [1.29, 1.82) is 0 Å². The minimum atomic E-state index is -4.32. The van der Waals surface area contributed by atoms with Gasteiger partial charge in [0.1, 0.15) is 0 Å². The molecule has 0 saturated carbocycles. The molecule has 15 heavy (non-hydrogen) atoms. The zero-order valence-corrected chi connectivity index (χ0v) is 8.23. The van der Waals surface area contributed by atoms with Crippen molar-refractivity contribution in [1.82, 2.24) is 0 Å². The quantitative estimate of drug-likeness (QED) is 0.706. The molecule has 1 atom stereocenters. The van der Waals surface area contributed by atoms with Gasteiger partial charge in [0.05, 0.1) is 11.7 Å². The van der Waals surface area contributed by atoms with E-state index in [0.29, 0.717) is 18.4 Å². The maximum absolute atomic E-state index is 12.6. The third-order valence-electron chi connectivity index (χ3n) is 2.88. The van der Waals surface area contributed by atoms with Crippen LogP contribution in [-0.2, 0) is 12.6 Å². The van der Waals surface area contributed by atoms with Gasteiger partial charge in [-0.3, -0.25) is 0 Å². The maximum Gasteiger partial charge on any atom is 0.416 e. The Labute approximate surface area is 85.5 Å². The van der Waals surface area contributed by atoms with Gasteiger partial charge in [-0.25, -0.2) is 0 Å². The van der Waals surface area contributed by atoms with Crippen LogP contribution in [-0.4, -0.2) is 5.11 Å². The molecule has 0 amide bonds. The van der Waals surface area contributed by atoms with Crippen LogP contribution >= 0.6 is 0 Å². The molecule has 0 fully saturated rings. The van der Waals surface area contributed by atoms with Crippen molar-refractivity contribution in [2.24, 2.45) is 0 Å². The number of hydrogen-bond donors (Lipinski definition) is 1. The number of alkyl halides is 3. The number of halogens is 3. The number of rotatable bonds is 0. The first-order valence-electron chi connectivity index (χ1n) is 4.79. The Kier molecular flexibility index (Phi) is 2.26. The zero-order chi connectivity index (χ0) is 11.2. The van der Waals surface area contributed by atoms with Crippen LogP contribution in [0.4, 0.5) is 13.2 Å². The van der Waals surface area contributed by atoms with Gasteiger partial charge < -0.3 is 5.11 Å². The van der Waals surface area contributed by atoms with E-state index in [2.05, 4.69) is 0 Å². The number of fused-ring (bicyclic) bond motifs is 1. The number of aliphatic hydroxyl groups is 1. The van der Waals surface area contributed by atoms with Crippen molar-refractivity contribution in [3.05, 3.63) is 34.4 Å². The molecule has 0 radical (unpaired) electrons. The fourth-order valence-electron chi connectivity index (χ4n) is 2.21. The number of hydrogen-bond acceptors (Lipinski definition) is 1. The van der Waals surface area contributed by atoms with Crippen molar-refractivity contribution in [2.45, 2.75) is 32.0 Å². The van der Waals surface area contributed by atoms with Crippen LogP contribution < -0.4 is 0 Å². The number of aliphatic hydroxyl groups excluding tert-OH is 1. The molecule has 1 aliphatic carbocycles. The molecular formula is C11H11F3O. The van der Waals surface area contributed by atoms with Gasteiger partial charge in [-0.15, -0.1) is 0 Å². The molecule has 0 spiro atoms. The molecule has 0 aromatic heterocycles. The summed E-state index contributed by atoms with van der Waals surface area (Å²) < 4.78 is 37.9. The molecule has 4 heteroatoms. The first-order valence-corrected chi connectivity index (χ1v) is 4.79. The van der Waals surface area contributed by atoms with E-state index in [-0.39, 0.29) is 5.56 Å². The predicted molar refractivity (Wildman–Crippen MR) is 49.5 cm³/mol. The van der Waals surface area contributed by atoms with Crippen LogP contribution in [0.5, 0.6) is 0 Å². The van der Waals surface area contributed by atoms with Crippen molar-refractivity contribution in [2.75, 3.05) is 0 Å². The molecule has 1 unspecified atom stereocenters. The smallest absolute Gasteiger partial charge is 0.388 e. The Morgan fingerprint density at radius 2 is 2.00 bits per heavy atom. The van der Waals surface area contributed by atoms with E-state index < -0.39 is 17.8 Å². The van der Waals surface area contributed by atoms with E-state index in [1.165, 1.54) is 6.07 Å². The zero-order valence-electron chi connectivity index (χ0n) is 8.23. The van der Waals surface area contributed by atoms with Crippen LogP contribution in [0.15, 0.2) is 12.1 Å². The SMILES string of the molecule is Cc1ccc(C(F)(F)F)c2c1C(O)CC2. The Hall–Kier alpha value is -1.03. The second-order valence-corrected chi connectivity index (χ2v) is 3.87. The highest BCUT2D eigenvalue weighted by molar-refractivity contribution is 5.46. The van der Waals surface area contributed by atoms with Crippen molar-refractivity contribution < 1.29 is 18.3 Å². The van der Waals surface area contributed by atoms with Gasteiger partial charge in [0.25, 0.3) is 0 Å². The Balaban J connectivity index is 2.63. The molecule has 0 saturated heterocycles.